The lowest BCUT2D eigenvalue weighted by atomic mass is 10.1. The number of hydrogen-bond donors (Lipinski definition) is 0. The van der Waals surface area contributed by atoms with Crippen molar-refractivity contribution in [3.05, 3.63) is 35.4 Å². The molecule has 4 nitrogen and oxygen atoms in total. The average molecular weight is 305 g/mol. The summed E-state index contributed by atoms with van der Waals surface area (Å²) in [5.41, 5.74) is 0.924. The zero-order chi connectivity index (χ0) is 14.8. The topological polar surface area (TPSA) is 54.5 Å². The van der Waals surface area contributed by atoms with Crippen LogP contribution in [0.3, 0.4) is 0 Å². The molecule has 1 aliphatic heterocycles. The van der Waals surface area contributed by atoms with E-state index in [0.29, 0.717) is 28.6 Å². The van der Waals surface area contributed by atoms with Gasteiger partial charge in [-0.25, -0.2) is 0 Å². The molecule has 2 amide bonds. The molecule has 21 heavy (non-hydrogen) atoms. The van der Waals surface area contributed by atoms with E-state index >= 15 is 0 Å². The van der Waals surface area contributed by atoms with Crippen LogP contribution in [-0.2, 0) is 10.8 Å². The molecule has 0 bridgehead atoms. The summed E-state index contributed by atoms with van der Waals surface area (Å²) in [7, 11) is -0.947. The number of imide groups is 1. The molecular weight excluding hydrogens is 286 g/mol. The van der Waals surface area contributed by atoms with Gasteiger partial charge in [-0.05, 0) is 30.9 Å². The highest BCUT2D eigenvalue weighted by Gasteiger charge is 2.34. The highest BCUT2D eigenvalue weighted by molar-refractivity contribution is 7.85. The fourth-order valence-corrected chi connectivity index (χ4v) is 4.57. The van der Waals surface area contributed by atoms with E-state index < -0.39 is 10.8 Å². The first-order valence-corrected chi connectivity index (χ1v) is 8.96. The summed E-state index contributed by atoms with van der Waals surface area (Å²) in [6.45, 7) is 0.256. The number of carbonyl (C=O) groups excluding carboxylic acids is 2. The smallest absolute Gasteiger partial charge is 0.261 e. The maximum atomic E-state index is 12.2. The Bertz CT molecular complexity index is 558. The standard InChI is InChI=1S/C16H19NO3S/c18-15-13-7-3-4-8-14(13)16(19)17(15)9-10-21(20)11-12-5-1-2-6-12/h3-4,7-8,12H,1-2,5-6,9-11H2/t21-/m0/s1. The number of rotatable bonds is 5. The second kappa shape index (κ2) is 6.10. The summed E-state index contributed by atoms with van der Waals surface area (Å²) >= 11 is 0. The Labute approximate surface area is 127 Å². The van der Waals surface area contributed by atoms with E-state index in [9.17, 15) is 13.8 Å². The van der Waals surface area contributed by atoms with Crippen LogP contribution >= 0.6 is 0 Å². The lowest BCUT2D eigenvalue weighted by Crippen LogP contribution is -2.34. The highest BCUT2D eigenvalue weighted by atomic mass is 32.2. The van der Waals surface area contributed by atoms with Crippen LogP contribution in [0.4, 0.5) is 0 Å². The summed E-state index contributed by atoms with van der Waals surface area (Å²) in [4.78, 5) is 25.6. The number of carbonyl (C=O) groups is 2. The van der Waals surface area contributed by atoms with Gasteiger partial charge in [-0.1, -0.05) is 25.0 Å². The average Bonchev–Trinajstić information content (AvgIpc) is 3.07. The Hall–Kier alpha value is -1.49. The molecule has 1 aliphatic carbocycles. The minimum absolute atomic E-state index is 0.256. The molecule has 2 aliphatic rings. The van der Waals surface area contributed by atoms with Crippen LogP contribution in [0.5, 0.6) is 0 Å². The number of nitrogens with zero attached hydrogens (tertiary/aromatic N) is 1. The molecule has 0 N–H and O–H groups in total. The Morgan fingerprint density at radius 1 is 1.05 bits per heavy atom. The zero-order valence-corrected chi connectivity index (χ0v) is 12.7. The molecule has 5 heteroatoms. The van der Waals surface area contributed by atoms with Crippen molar-refractivity contribution in [2.75, 3.05) is 18.1 Å². The van der Waals surface area contributed by atoms with Gasteiger partial charge in [0.2, 0.25) is 0 Å². The number of fused-ring (bicyclic) bond motifs is 1. The molecule has 1 saturated carbocycles. The van der Waals surface area contributed by atoms with Gasteiger partial charge in [-0.2, -0.15) is 0 Å². The van der Waals surface area contributed by atoms with Gasteiger partial charge in [-0.3, -0.25) is 18.7 Å². The van der Waals surface area contributed by atoms with E-state index in [4.69, 9.17) is 0 Å². The van der Waals surface area contributed by atoms with Gasteiger partial charge in [0.15, 0.2) is 0 Å². The van der Waals surface area contributed by atoms with E-state index in [1.807, 2.05) is 0 Å². The van der Waals surface area contributed by atoms with E-state index in [2.05, 4.69) is 0 Å². The summed E-state index contributed by atoms with van der Waals surface area (Å²) < 4.78 is 12.1. The fraction of sp³-hybridized carbons (Fsp3) is 0.500. The third-order valence-corrected chi connectivity index (χ3v) is 5.80. The van der Waals surface area contributed by atoms with Gasteiger partial charge in [-0.15, -0.1) is 0 Å². The second-order valence-electron chi connectivity index (χ2n) is 5.77. The van der Waals surface area contributed by atoms with Crippen molar-refractivity contribution in [2.24, 2.45) is 5.92 Å². The normalized spacial score (nSPS) is 20.1. The first-order chi connectivity index (χ1) is 10.2. The Morgan fingerprint density at radius 3 is 2.19 bits per heavy atom. The van der Waals surface area contributed by atoms with Crippen molar-refractivity contribution in [1.82, 2.24) is 4.90 Å². The van der Waals surface area contributed by atoms with Gasteiger partial charge in [0.05, 0.1) is 11.1 Å². The maximum Gasteiger partial charge on any atom is 0.261 e. The van der Waals surface area contributed by atoms with Crippen LogP contribution in [0.25, 0.3) is 0 Å². The van der Waals surface area contributed by atoms with Crippen LogP contribution in [0.2, 0.25) is 0 Å². The molecular formula is C16H19NO3S. The second-order valence-corrected chi connectivity index (χ2v) is 7.39. The van der Waals surface area contributed by atoms with Crippen molar-refractivity contribution in [3.63, 3.8) is 0 Å². The van der Waals surface area contributed by atoms with Crippen molar-refractivity contribution in [3.8, 4) is 0 Å². The fourth-order valence-electron chi connectivity index (χ4n) is 3.16. The summed E-state index contributed by atoms with van der Waals surface area (Å²) in [5, 5.41) is 0. The van der Waals surface area contributed by atoms with Crippen LogP contribution < -0.4 is 0 Å². The maximum absolute atomic E-state index is 12.2. The van der Waals surface area contributed by atoms with Crippen LogP contribution in [0.1, 0.15) is 46.4 Å². The molecule has 3 rings (SSSR count). The summed E-state index contributed by atoms with van der Waals surface area (Å²) in [5.74, 6) is 1.15. The molecule has 1 atom stereocenters. The van der Waals surface area contributed by atoms with Crippen LogP contribution in [0, 0.1) is 5.92 Å². The van der Waals surface area contributed by atoms with Crippen molar-refractivity contribution >= 4 is 22.6 Å². The monoisotopic (exact) mass is 305 g/mol. The van der Waals surface area contributed by atoms with Gasteiger partial charge in [0.25, 0.3) is 11.8 Å². The molecule has 0 saturated heterocycles. The van der Waals surface area contributed by atoms with Gasteiger partial charge in [0, 0.05) is 28.9 Å². The zero-order valence-electron chi connectivity index (χ0n) is 11.9. The lowest BCUT2D eigenvalue weighted by Gasteiger charge is -2.14. The highest BCUT2D eigenvalue weighted by Crippen LogP contribution is 2.26. The first-order valence-electron chi connectivity index (χ1n) is 7.47. The summed E-state index contributed by atoms with van der Waals surface area (Å²) in [6.07, 6.45) is 4.80. The molecule has 0 unspecified atom stereocenters. The molecule has 112 valence electrons. The quantitative estimate of drug-likeness (QED) is 0.784. The number of benzene rings is 1. The molecule has 0 spiro atoms. The van der Waals surface area contributed by atoms with Gasteiger partial charge >= 0.3 is 0 Å². The molecule has 0 radical (unpaired) electrons. The van der Waals surface area contributed by atoms with Crippen LogP contribution in [0.15, 0.2) is 24.3 Å². The summed E-state index contributed by atoms with van der Waals surface area (Å²) in [6, 6.07) is 6.85. The van der Waals surface area contributed by atoms with Crippen molar-refractivity contribution in [1.29, 1.82) is 0 Å². The van der Waals surface area contributed by atoms with Crippen molar-refractivity contribution in [2.45, 2.75) is 25.7 Å². The molecule has 0 aromatic heterocycles. The molecule has 1 aromatic rings. The van der Waals surface area contributed by atoms with Gasteiger partial charge < -0.3 is 0 Å². The predicted molar refractivity (Wildman–Crippen MR) is 81.6 cm³/mol. The number of amides is 2. The molecule has 1 aromatic carbocycles. The Morgan fingerprint density at radius 2 is 1.62 bits per heavy atom. The molecule has 1 heterocycles. The van der Waals surface area contributed by atoms with Crippen LogP contribution in [-0.4, -0.2) is 39.0 Å². The van der Waals surface area contributed by atoms with E-state index in [0.717, 1.165) is 0 Å². The lowest BCUT2D eigenvalue weighted by molar-refractivity contribution is 0.0664. The third kappa shape index (κ3) is 2.93. The van der Waals surface area contributed by atoms with E-state index in [-0.39, 0.29) is 18.4 Å². The predicted octanol–water partition coefficient (Wildman–Crippen LogP) is 2.22. The SMILES string of the molecule is O=C1c2ccccc2C(=O)N1CC[S@](=O)CC1CCCC1. The van der Waals surface area contributed by atoms with Gasteiger partial charge in [0.1, 0.15) is 0 Å². The first kappa shape index (κ1) is 14.4. The molecule has 1 fully saturated rings. The Kier molecular flexibility index (Phi) is 4.19. The van der Waals surface area contributed by atoms with E-state index in [1.54, 1.807) is 24.3 Å². The Balaban J connectivity index is 1.58. The van der Waals surface area contributed by atoms with E-state index in [1.165, 1.54) is 30.6 Å². The largest absolute Gasteiger partial charge is 0.273 e. The minimum Gasteiger partial charge on any atom is -0.273 e. The van der Waals surface area contributed by atoms with Crippen molar-refractivity contribution < 1.29 is 13.8 Å². The minimum atomic E-state index is -0.947. The third-order valence-electron chi connectivity index (χ3n) is 4.32. The number of hydrogen-bond acceptors (Lipinski definition) is 3.